The Morgan fingerprint density at radius 2 is 1.93 bits per heavy atom. The summed E-state index contributed by atoms with van der Waals surface area (Å²) < 4.78 is 23.4. The summed E-state index contributed by atoms with van der Waals surface area (Å²) in [5.74, 6) is 0. The summed E-state index contributed by atoms with van der Waals surface area (Å²) in [6, 6.07) is 5.07. The number of non-ortho nitro benzene ring substituents is 1. The molecule has 0 atom stereocenters. The Morgan fingerprint density at radius 1 is 1.33 bits per heavy atom. The minimum atomic E-state index is -3.44. The van der Waals surface area contributed by atoms with E-state index in [1.807, 2.05) is 0 Å². The summed E-state index contributed by atoms with van der Waals surface area (Å²) in [6.07, 6.45) is 0. The Hall–Kier alpha value is -1.43. The number of benzene rings is 1. The molecule has 0 saturated heterocycles. The van der Waals surface area contributed by atoms with Crippen LogP contribution in [0.1, 0.15) is 13.8 Å². The lowest BCUT2D eigenvalue weighted by Gasteiger charge is -2.06. The van der Waals surface area contributed by atoms with Crippen LogP contribution in [-0.4, -0.2) is 18.6 Å². The molecular formula is C9H11NO4S. The highest BCUT2D eigenvalue weighted by Crippen LogP contribution is 2.20. The molecule has 1 aromatic carbocycles. The van der Waals surface area contributed by atoms with Crippen molar-refractivity contribution in [1.29, 1.82) is 0 Å². The lowest BCUT2D eigenvalue weighted by Crippen LogP contribution is -2.13. The first-order valence-electron chi connectivity index (χ1n) is 4.34. The van der Waals surface area contributed by atoms with E-state index in [9.17, 15) is 18.5 Å². The van der Waals surface area contributed by atoms with Crippen LogP contribution < -0.4 is 0 Å². The van der Waals surface area contributed by atoms with Gasteiger partial charge in [0.1, 0.15) is 0 Å². The molecule has 0 aliphatic carbocycles. The first-order chi connectivity index (χ1) is 6.85. The van der Waals surface area contributed by atoms with Gasteiger partial charge in [0.05, 0.1) is 15.1 Å². The van der Waals surface area contributed by atoms with Gasteiger partial charge in [-0.25, -0.2) is 8.42 Å². The van der Waals surface area contributed by atoms with Crippen LogP contribution in [0.4, 0.5) is 5.69 Å². The second-order valence-electron chi connectivity index (χ2n) is 3.35. The van der Waals surface area contributed by atoms with E-state index in [2.05, 4.69) is 0 Å². The third-order valence-electron chi connectivity index (χ3n) is 1.98. The van der Waals surface area contributed by atoms with Gasteiger partial charge in [-0.15, -0.1) is 0 Å². The largest absolute Gasteiger partial charge is 0.270 e. The summed E-state index contributed by atoms with van der Waals surface area (Å²) in [5.41, 5.74) is -0.211. The van der Waals surface area contributed by atoms with Gasteiger partial charge in [0, 0.05) is 12.1 Å². The lowest BCUT2D eigenvalue weighted by molar-refractivity contribution is -0.385. The van der Waals surface area contributed by atoms with E-state index < -0.39 is 20.0 Å². The molecule has 0 bridgehead atoms. The van der Waals surface area contributed by atoms with E-state index >= 15 is 0 Å². The van der Waals surface area contributed by atoms with E-state index in [1.165, 1.54) is 32.0 Å². The molecular weight excluding hydrogens is 218 g/mol. The monoisotopic (exact) mass is 229 g/mol. The zero-order chi connectivity index (χ0) is 11.6. The number of sulfone groups is 1. The minimum Gasteiger partial charge on any atom is -0.258 e. The molecule has 1 rings (SSSR count). The van der Waals surface area contributed by atoms with Crippen LogP contribution in [0.5, 0.6) is 0 Å². The van der Waals surface area contributed by atoms with E-state index in [0.717, 1.165) is 6.07 Å². The lowest BCUT2D eigenvalue weighted by atomic mass is 10.3. The van der Waals surface area contributed by atoms with Crippen LogP contribution in [0.25, 0.3) is 0 Å². The maximum Gasteiger partial charge on any atom is 0.270 e. The first-order valence-corrected chi connectivity index (χ1v) is 5.88. The second-order valence-corrected chi connectivity index (χ2v) is 5.85. The molecule has 0 radical (unpaired) electrons. The van der Waals surface area contributed by atoms with Gasteiger partial charge in [-0.2, -0.15) is 0 Å². The third kappa shape index (κ3) is 2.33. The number of nitro benzene ring substituents is 1. The quantitative estimate of drug-likeness (QED) is 0.584. The summed E-state index contributed by atoms with van der Waals surface area (Å²) >= 11 is 0. The van der Waals surface area contributed by atoms with Crippen LogP contribution in [0.15, 0.2) is 29.2 Å². The Morgan fingerprint density at radius 3 is 2.40 bits per heavy atom. The number of hydrogen-bond donors (Lipinski definition) is 0. The second kappa shape index (κ2) is 3.98. The van der Waals surface area contributed by atoms with Crippen molar-refractivity contribution in [2.24, 2.45) is 0 Å². The zero-order valence-corrected chi connectivity index (χ0v) is 9.19. The average molecular weight is 229 g/mol. The Labute approximate surface area is 87.8 Å². The van der Waals surface area contributed by atoms with E-state index in [0.29, 0.717) is 0 Å². The summed E-state index contributed by atoms with van der Waals surface area (Å²) in [5, 5.41) is 9.88. The van der Waals surface area contributed by atoms with Gasteiger partial charge < -0.3 is 0 Å². The van der Waals surface area contributed by atoms with Gasteiger partial charge in [-0.05, 0) is 19.9 Å². The van der Waals surface area contributed by atoms with Crippen LogP contribution in [-0.2, 0) is 9.84 Å². The van der Waals surface area contributed by atoms with Crippen molar-refractivity contribution in [2.75, 3.05) is 0 Å². The number of hydrogen-bond acceptors (Lipinski definition) is 4. The van der Waals surface area contributed by atoms with Crippen LogP contribution in [0.2, 0.25) is 0 Å². The third-order valence-corrected chi connectivity index (χ3v) is 4.13. The molecule has 0 aromatic heterocycles. The molecule has 0 unspecified atom stereocenters. The Kier molecular flexibility index (Phi) is 3.09. The summed E-state index contributed by atoms with van der Waals surface area (Å²) in [4.78, 5) is 9.84. The topological polar surface area (TPSA) is 77.3 Å². The number of rotatable bonds is 3. The summed E-state index contributed by atoms with van der Waals surface area (Å²) in [6.45, 7) is 3.07. The van der Waals surface area contributed by atoms with E-state index in [-0.39, 0.29) is 10.6 Å². The maximum atomic E-state index is 11.7. The minimum absolute atomic E-state index is 0.00769. The molecule has 82 valence electrons. The number of nitrogens with zero attached hydrogens (tertiary/aromatic N) is 1. The molecule has 1 aromatic rings. The molecule has 0 spiro atoms. The van der Waals surface area contributed by atoms with Crippen molar-refractivity contribution >= 4 is 15.5 Å². The predicted octanol–water partition coefficient (Wildman–Crippen LogP) is 1.78. The van der Waals surface area contributed by atoms with Crippen molar-refractivity contribution in [3.8, 4) is 0 Å². The molecule has 0 saturated carbocycles. The highest BCUT2D eigenvalue weighted by atomic mass is 32.2. The molecule has 0 aliphatic rings. The molecule has 0 fully saturated rings. The smallest absolute Gasteiger partial charge is 0.258 e. The van der Waals surface area contributed by atoms with Crippen molar-refractivity contribution in [3.05, 3.63) is 34.4 Å². The highest BCUT2D eigenvalue weighted by Gasteiger charge is 2.21. The average Bonchev–Trinajstić information content (AvgIpc) is 2.17. The Bertz CT molecular complexity index is 479. The predicted molar refractivity (Wildman–Crippen MR) is 55.4 cm³/mol. The SMILES string of the molecule is CC(C)S(=O)(=O)c1cccc([N+](=O)[O-])c1. The van der Waals surface area contributed by atoms with Crippen LogP contribution in [0.3, 0.4) is 0 Å². The summed E-state index contributed by atoms with van der Waals surface area (Å²) in [7, 11) is -3.44. The standard InChI is InChI=1S/C9H11NO4S/c1-7(2)15(13,14)9-5-3-4-8(6-9)10(11)12/h3-7H,1-2H3. The fourth-order valence-corrected chi connectivity index (χ4v) is 2.14. The molecule has 0 amide bonds. The normalized spacial score (nSPS) is 11.7. The van der Waals surface area contributed by atoms with E-state index in [4.69, 9.17) is 0 Å². The fraction of sp³-hybridized carbons (Fsp3) is 0.333. The zero-order valence-electron chi connectivity index (χ0n) is 8.38. The molecule has 15 heavy (non-hydrogen) atoms. The van der Waals surface area contributed by atoms with Gasteiger partial charge >= 0.3 is 0 Å². The van der Waals surface area contributed by atoms with Crippen molar-refractivity contribution in [2.45, 2.75) is 24.0 Å². The van der Waals surface area contributed by atoms with Gasteiger partial charge in [0.2, 0.25) is 0 Å². The van der Waals surface area contributed by atoms with Crippen molar-refractivity contribution in [1.82, 2.24) is 0 Å². The van der Waals surface area contributed by atoms with Crippen molar-refractivity contribution in [3.63, 3.8) is 0 Å². The number of nitro groups is 1. The Balaban J connectivity index is 3.29. The molecule has 0 aliphatic heterocycles. The van der Waals surface area contributed by atoms with E-state index in [1.54, 1.807) is 0 Å². The molecule has 5 nitrogen and oxygen atoms in total. The maximum absolute atomic E-state index is 11.7. The fourth-order valence-electron chi connectivity index (χ4n) is 1.05. The van der Waals surface area contributed by atoms with Crippen LogP contribution in [0, 0.1) is 10.1 Å². The van der Waals surface area contributed by atoms with Crippen LogP contribution >= 0.6 is 0 Å². The first kappa shape index (κ1) is 11.6. The molecule has 6 heteroatoms. The van der Waals surface area contributed by atoms with Gasteiger partial charge in [0.25, 0.3) is 5.69 Å². The molecule has 0 N–H and O–H groups in total. The van der Waals surface area contributed by atoms with Gasteiger partial charge in [-0.3, -0.25) is 10.1 Å². The van der Waals surface area contributed by atoms with Gasteiger partial charge in [0.15, 0.2) is 9.84 Å². The highest BCUT2D eigenvalue weighted by molar-refractivity contribution is 7.92. The van der Waals surface area contributed by atoms with Crippen molar-refractivity contribution < 1.29 is 13.3 Å². The van der Waals surface area contributed by atoms with Gasteiger partial charge in [-0.1, -0.05) is 6.07 Å². The molecule has 0 heterocycles.